The van der Waals surface area contributed by atoms with E-state index in [1.54, 1.807) is 6.20 Å². The quantitative estimate of drug-likeness (QED) is 0.774. The number of rotatable bonds is 1. The van der Waals surface area contributed by atoms with Crippen molar-refractivity contribution >= 4 is 27.3 Å². The van der Waals surface area contributed by atoms with E-state index < -0.39 is 0 Å². The summed E-state index contributed by atoms with van der Waals surface area (Å²) in [5, 5.41) is 4.60. The maximum absolute atomic E-state index is 4.93. The van der Waals surface area contributed by atoms with Crippen LogP contribution in [-0.4, -0.2) is 15.1 Å². The summed E-state index contributed by atoms with van der Waals surface area (Å²) in [6.07, 6.45) is 1.72. The van der Waals surface area contributed by atoms with Crippen molar-refractivity contribution in [3.63, 3.8) is 0 Å². The molecule has 0 saturated carbocycles. The number of hydrogen-bond acceptors (Lipinski definition) is 5. The van der Waals surface area contributed by atoms with E-state index in [0.29, 0.717) is 10.6 Å². The highest BCUT2D eigenvalue weighted by Crippen LogP contribution is 2.24. The number of aryl methyl sites for hydroxylation is 1. The lowest BCUT2D eigenvalue weighted by Crippen LogP contribution is -1.68. The number of hydrogen-bond donors (Lipinski definition) is 0. The van der Waals surface area contributed by atoms with E-state index in [1.807, 2.05) is 6.92 Å². The molecule has 0 radical (unpaired) electrons. The van der Waals surface area contributed by atoms with Crippen molar-refractivity contribution in [1.82, 2.24) is 15.1 Å². The molecule has 0 aliphatic carbocycles. The molecule has 0 N–H and O–H groups in total. The molecular formula is C6H4BrN3OS. The number of halogens is 1. The topological polar surface area (TPSA) is 51.8 Å². The van der Waals surface area contributed by atoms with Crippen molar-refractivity contribution in [2.24, 2.45) is 0 Å². The molecule has 0 saturated heterocycles. The molecular weight excluding hydrogens is 242 g/mol. The van der Waals surface area contributed by atoms with Crippen LogP contribution in [0.2, 0.25) is 0 Å². The van der Waals surface area contributed by atoms with Crippen LogP contribution in [0.5, 0.6) is 0 Å². The predicted molar refractivity (Wildman–Crippen MR) is 47.8 cm³/mol. The summed E-state index contributed by atoms with van der Waals surface area (Å²) in [4.78, 5) is 8.98. The zero-order chi connectivity index (χ0) is 8.55. The van der Waals surface area contributed by atoms with Crippen LogP contribution in [0.3, 0.4) is 0 Å². The van der Waals surface area contributed by atoms with E-state index in [1.165, 1.54) is 11.3 Å². The van der Waals surface area contributed by atoms with Gasteiger partial charge in [-0.1, -0.05) is 0 Å². The first-order chi connectivity index (χ1) is 5.75. The van der Waals surface area contributed by atoms with E-state index in [-0.39, 0.29) is 0 Å². The third-order valence-electron chi connectivity index (χ3n) is 1.23. The van der Waals surface area contributed by atoms with Gasteiger partial charge in [-0.05, 0) is 28.0 Å². The van der Waals surface area contributed by atoms with E-state index >= 15 is 0 Å². The molecule has 0 aliphatic heterocycles. The first-order valence-electron chi connectivity index (χ1n) is 3.18. The highest BCUT2D eigenvalue weighted by molar-refractivity contribution is 9.10. The van der Waals surface area contributed by atoms with Crippen LogP contribution in [-0.2, 0) is 0 Å². The molecule has 6 heteroatoms. The zero-order valence-electron chi connectivity index (χ0n) is 6.11. The Bertz CT molecular complexity index is 359. The first kappa shape index (κ1) is 7.88. The fraction of sp³-hybridized carbons (Fsp3) is 0.167. The third-order valence-corrected chi connectivity index (χ3v) is 2.46. The fourth-order valence-electron chi connectivity index (χ4n) is 0.766. The van der Waals surface area contributed by atoms with Gasteiger partial charge in [0.15, 0.2) is 0 Å². The van der Waals surface area contributed by atoms with Crippen LogP contribution < -0.4 is 0 Å². The second-order valence-corrected chi connectivity index (χ2v) is 4.06. The maximum Gasteiger partial charge on any atom is 0.270 e. The Morgan fingerprint density at radius 3 is 2.92 bits per heavy atom. The van der Waals surface area contributed by atoms with Crippen LogP contribution in [0, 0.1) is 6.92 Å². The first-order valence-corrected chi connectivity index (χ1v) is 4.78. The fourth-order valence-corrected chi connectivity index (χ4v) is 1.70. The number of aromatic nitrogens is 3. The summed E-state index contributed by atoms with van der Waals surface area (Å²) >= 11 is 4.63. The van der Waals surface area contributed by atoms with E-state index in [0.717, 1.165) is 9.88 Å². The van der Waals surface area contributed by atoms with E-state index in [2.05, 4.69) is 31.1 Å². The summed E-state index contributed by atoms with van der Waals surface area (Å²) in [7, 11) is 0. The van der Waals surface area contributed by atoms with Crippen molar-refractivity contribution in [3.8, 4) is 10.8 Å². The summed E-state index contributed by atoms with van der Waals surface area (Å²) in [5.74, 6) is 0.507. The van der Waals surface area contributed by atoms with Gasteiger partial charge in [-0.3, -0.25) is 0 Å². The summed E-state index contributed by atoms with van der Waals surface area (Å²) in [5.41, 5.74) is 0. The normalized spacial score (nSPS) is 10.5. The summed E-state index contributed by atoms with van der Waals surface area (Å²) < 4.78 is 5.39. The van der Waals surface area contributed by atoms with Crippen LogP contribution >= 0.6 is 27.3 Å². The Hall–Kier alpha value is -0.750. The largest absolute Gasteiger partial charge is 0.332 e. The molecule has 0 atom stereocenters. The van der Waals surface area contributed by atoms with Crippen molar-refractivity contribution in [2.45, 2.75) is 6.92 Å². The maximum atomic E-state index is 4.93. The average Bonchev–Trinajstić information content (AvgIpc) is 2.58. The molecule has 0 unspecified atom stereocenters. The zero-order valence-corrected chi connectivity index (χ0v) is 8.52. The minimum atomic E-state index is 0.462. The smallest absolute Gasteiger partial charge is 0.270 e. The van der Waals surface area contributed by atoms with Gasteiger partial charge >= 0.3 is 0 Å². The SMILES string of the molecule is Cc1ncc(-c2nc(Br)no2)s1. The monoisotopic (exact) mass is 245 g/mol. The van der Waals surface area contributed by atoms with Gasteiger partial charge in [-0.15, -0.1) is 11.3 Å². The lowest BCUT2D eigenvalue weighted by molar-refractivity contribution is 0.427. The Balaban J connectivity index is 2.43. The highest BCUT2D eigenvalue weighted by atomic mass is 79.9. The van der Waals surface area contributed by atoms with Crippen molar-refractivity contribution in [3.05, 3.63) is 15.9 Å². The minimum Gasteiger partial charge on any atom is -0.332 e. The summed E-state index contributed by atoms with van der Waals surface area (Å²) in [6, 6.07) is 0. The van der Waals surface area contributed by atoms with Crippen molar-refractivity contribution in [1.29, 1.82) is 0 Å². The highest BCUT2D eigenvalue weighted by Gasteiger charge is 2.08. The van der Waals surface area contributed by atoms with E-state index in [4.69, 9.17) is 4.52 Å². The predicted octanol–water partition coefficient (Wildman–Crippen LogP) is 2.26. The van der Waals surface area contributed by atoms with Gasteiger partial charge < -0.3 is 4.52 Å². The lowest BCUT2D eigenvalue weighted by Gasteiger charge is -1.80. The molecule has 2 rings (SSSR count). The lowest BCUT2D eigenvalue weighted by atomic mass is 10.5. The Morgan fingerprint density at radius 1 is 1.58 bits per heavy atom. The molecule has 0 spiro atoms. The van der Waals surface area contributed by atoms with Gasteiger partial charge in [0, 0.05) is 0 Å². The van der Waals surface area contributed by atoms with Crippen LogP contribution in [0.1, 0.15) is 5.01 Å². The van der Waals surface area contributed by atoms with E-state index in [9.17, 15) is 0 Å². The number of nitrogens with zero attached hydrogens (tertiary/aromatic N) is 3. The minimum absolute atomic E-state index is 0.462. The molecule has 2 aromatic rings. The molecule has 0 aliphatic rings. The molecule has 12 heavy (non-hydrogen) atoms. The van der Waals surface area contributed by atoms with Gasteiger partial charge in [0.1, 0.15) is 4.88 Å². The standard InChI is InChI=1S/C6H4BrN3OS/c1-3-8-2-4(12-3)5-9-6(7)10-11-5/h2H,1H3. The molecule has 2 heterocycles. The van der Waals surface area contributed by atoms with Crippen LogP contribution in [0.25, 0.3) is 10.8 Å². The van der Waals surface area contributed by atoms with Gasteiger partial charge in [0.25, 0.3) is 5.89 Å². The molecule has 4 nitrogen and oxygen atoms in total. The second kappa shape index (κ2) is 2.95. The molecule has 2 aromatic heterocycles. The molecule has 0 amide bonds. The van der Waals surface area contributed by atoms with Crippen molar-refractivity contribution < 1.29 is 4.52 Å². The van der Waals surface area contributed by atoms with Crippen LogP contribution in [0.4, 0.5) is 0 Å². The Morgan fingerprint density at radius 2 is 2.42 bits per heavy atom. The molecule has 0 fully saturated rings. The Labute approximate surface area is 80.8 Å². The average molecular weight is 246 g/mol. The van der Waals surface area contributed by atoms with Crippen molar-refractivity contribution in [2.75, 3.05) is 0 Å². The summed E-state index contributed by atoms with van der Waals surface area (Å²) in [6.45, 7) is 1.93. The van der Waals surface area contributed by atoms with Gasteiger partial charge in [-0.25, -0.2) is 4.98 Å². The molecule has 0 bridgehead atoms. The van der Waals surface area contributed by atoms with Gasteiger partial charge in [-0.2, -0.15) is 4.98 Å². The number of thiazole rings is 1. The second-order valence-electron chi connectivity index (χ2n) is 2.11. The third kappa shape index (κ3) is 1.39. The molecule has 62 valence electrons. The van der Waals surface area contributed by atoms with Gasteiger partial charge in [0.05, 0.1) is 11.2 Å². The van der Waals surface area contributed by atoms with Crippen LogP contribution in [0.15, 0.2) is 15.5 Å². The van der Waals surface area contributed by atoms with Gasteiger partial charge in [0.2, 0.25) is 4.73 Å². The Kier molecular flexibility index (Phi) is 1.93. The molecule has 0 aromatic carbocycles.